The highest BCUT2D eigenvalue weighted by Crippen LogP contribution is 2.65. The molecule has 5 atom stereocenters. The van der Waals surface area contributed by atoms with Gasteiger partial charge < -0.3 is 24.4 Å². The summed E-state index contributed by atoms with van der Waals surface area (Å²) >= 11 is 0. The zero-order valence-corrected chi connectivity index (χ0v) is 20.3. The summed E-state index contributed by atoms with van der Waals surface area (Å²) in [5.41, 5.74) is 0.659. The molecule has 0 aromatic heterocycles. The molecule has 4 rings (SSSR count). The lowest BCUT2D eigenvalue weighted by Gasteiger charge is -2.39. The zero-order chi connectivity index (χ0) is 25.5. The molecule has 3 aliphatic rings. The lowest BCUT2D eigenvalue weighted by molar-refractivity contribution is -0.185. The van der Waals surface area contributed by atoms with Gasteiger partial charge in [-0.15, -0.1) is 0 Å². The van der Waals surface area contributed by atoms with Gasteiger partial charge in [-0.3, -0.25) is 4.79 Å². The zero-order valence-electron chi connectivity index (χ0n) is 20.3. The molecule has 1 aromatic carbocycles. The SMILES string of the molecule is COC(=O)[C@@H]1[C@@H]2[C@H](CN1C(=O)[C@@H](NC(=O)OCc1ccccc1)[C@@H](C)OC1CC(F)(F)C1)C2(C)C. The number of benzene rings is 1. The molecule has 1 aliphatic heterocycles. The first-order chi connectivity index (χ1) is 16.4. The highest BCUT2D eigenvalue weighted by atomic mass is 19.3. The molecule has 35 heavy (non-hydrogen) atoms. The smallest absolute Gasteiger partial charge is 0.408 e. The molecule has 1 aromatic rings. The fourth-order valence-electron chi connectivity index (χ4n) is 5.44. The van der Waals surface area contributed by atoms with Crippen LogP contribution >= 0.6 is 0 Å². The Labute approximate surface area is 203 Å². The topological polar surface area (TPSA) is 94.2 Å². The van der Waals surface area contributed by atoms with Gasteiger partial charge in [0.15, 0.2) is 0 Å². The van der Waals surface area contributed by atoms with E-state index in [4.69, 9.17) is 14.2 Å². The summed E-state index contributed by atoms with van der Waals surface area (Å²) in [6.45, 7) is 5.95. The van der Waals surface area contributed by atoms with Crippen molar-refractivity contribution in [2.45, 2.75) is 70.4 Å². The van der Waals surface area contributed by atoms with Crippen molar-refractivity contribution in [3.63, 3.8) is 0 Å². The molecule has 2 amide bonds. The minimum Gasteiger partial charge on any atom is -0.467 e. The van der Waals surface area contributed by atoms with Crippen LogP contribution in [0.2, 0.25) is 0 Å². The van der Waals surface area contributed by atoms with E-state index in [9.17, 15) is 23.2 Å². The number of nitrogens with one attached hydrogen (secondary N) is 1. The molecule has 2 saturated carbocycles. The van der Waals surface area contributed by atoms with E-state index in [0.717, 1.165) is 5.56 Å². The molecule has 0 unspecified atom stereocenters. The van der Waals surface area contributed by atoms with Gasteiger partial charge in [-0.1, -0.05) is 44.2 Å². The molecule has 0 radical (unpaired) electrons. The molecule has 3 fully saturated rings. The van der Waals surface area contributed by atoms with Gasteiger partial charge in [0, 0.05) is 25.3 Å². The summed E-state index contributed by atoms with van der Waals surface area (Å²) in [7, 11) is 1.27. The number of alkyl halides is 2. The van der Waals surface area contributed by atoms with E-state index in [1.807, 2.05) is 19.9 Å². The number of ether oxygens (including phenoxy) is 3. The fourth-order valence-corrected chi connectivity index (χ4v) is 5.44. The summed E-state index contributed by atoms with van der Waals surface area (Å²) in [6, 6.07) is 7.02. The maximum absolute atomic E-state index is 13.6. The Hall–Kier alpha value is -2.75. The molecule has 0 spiro atoms. The van der Waals surface area contributed by atoms with Crippen LogP contribution in [0.25, 0.3) is 0 Å². The van der Waals surface area contributed by atoms with Crippen LogP contribution in [-0.4, -0.2) is 66.7 Å². The number of carbonyl (C=O) groups excluding carboxylic acids is 3. The highest BCUT2D eigenvalue weighted by molar-refractivity contribution is 5.91. The van der Waals surface area contributed by atoms with Crippen LogP contribution in [0.4, 0.5) is 13.6 Å². The second kappa shape index (κ2) is 9.37. The highest BCUT2D eigenvalue weighted by Gasteiger charge is 2.70. The van der Waals surface area contributed by atoms with Crippen molar-refractivity contribution < 1.29 is 37.4 Å². The minimum absolute atomic E-state index is 0.00942. The minimum atomic E-state index is -2.79. The van der Waals surface area contributed by atoms with Crippen LogP contribution < -0.4 is 5.32 Å². The largest absolute Gasteiger partial charge is 0.467 e. The predicted octanol–water partition coefficient (Wildman–Crippen LogP) is 3.14. The van der Waals surface area contributed by atoms with Gasteiger partial charge in [-0.05, 0) is 23.8 Å². The van der Waals surface area contributed by atoms with Crippen molar-refractivity contribution in [1.82, 2.24) is 10.2 Å². The first-order valence-electron chi connectivity index (χ1n) is 11.8. The van der Waals surface area contributed by atoms with Gasteiger partial charge in [-0.25, -0.2) is 18.4 Å². The van der Waals surface area contributed by atoms with Gasteiger partial charge in [0.05, 0.1) is 19.3 Å². The average Bonchev–Trinajstić information content (AvgIpc) is 3.12. The number of fused-ring (bicyclic) bond motifs is 1. The predicted molar refractivity (Wildman–Crippen MR) is 120 cm³/mol. The normalized spacial score (nSPS) is 27.7. The van der Waals surface area contributed by atoms with E-state index in [0.29, 0.717) is 6.54 Å². The van der Waals surface area contributed by atoms with Crippen molar-refractivity contribution in [3.8, 4) is 0 Å². The Morgan fingerprint density at radius 3 is 2.43 bits per heavy atom. The lowest BCUT2D eigenvalue weighted by atomic mass is 9.90. The average molecular weight is 495 g/mol. The number of likely N-dealkylation sites (tertiary alicyclic amines) is 1. The first kappa shape index (κ1) is 25.3. The number of alkyl carbamates (subject to hydrolysis) is 1. The van der Waals surface area contributed by atoms with Crippen molar-refractivity contribution in [2.24, 2.45) is 17.3 Å². The number of methoxy groups -OCH3 is 1. The number of carbonyl (C=O) groups is 3. The summed E-state index contributed by atoms with van der Waals surface area (Å²) < 4.78 is 42.6. The van der Waals surface area contributed by atoms with Gasteiger partial charge in [-0.2, -0.15) is 0 Å². The van der Waals surface area contributed by atoms with Crippen LogP contribution in [0.1, 0.15) is 39.2 Å². The molecule has 10 heteroatoms. The van der Waals surface area contributed by atoms with E-state index >= 15 is 0 Å². The Bertz CT molecular complexity index is 964. The molecule has 1 N–H and O–H groups in total. The van der Waals surface area contributed by atoms with Crippen LogP contribution in [0.3, 0.4) is 0 Å². The Morgan fingerprint density at radius 1 is 1.17 bits per heavy atom. The Balaban J connectivity index is 1.47. The van der Waals surface area contributed by atoms with E-state index in [1.54, 1.807) is 31.2 Å². The van der Waals surface area contributed by atoms with E-state index < -0.39 is 61.0 Å². The maximum Gasteiger partial charge on any atom is 0.408 e. The van der Waals surface area contributed by atoms with Crippen LogP contribution in [-0.2, 0) is 30.4 Å². The third-order valence-electron chi connectivity index (χ3n) is 7.62. The molecular formula is C25H32F2N2O6. The van der Waals surface area contributed by atoms with Crippen molar-refractivity contribution in [2.75, 3.05) is 13.7 Å². The summed E-state index contributed by atoms with van der Waals surface area (Å²) in [4.78, 5) is 40.2. The van der Waals surface area contributed by atoms with Gasteiger partial charge in [0.1, 0.15) is 18.7 Å². The summed E-state index contributed by atoms with van der Waals surface area (Å²) in [5.74, 6) is -3.76. The third-order valence-corrected chi connectivity index (χ3v) is 7.62. The number of halogens is 2. The van der Waals surface area contributed by atoms with E-state index in [2.05, 4.69) is 5.32 Å². The number of amides is 2. The molecular weight excluding hydrogens is 462 g/mol. The summed E-state index contributed by atoms with van der Waals surface area (Å²) in [5, 5.41) is 2.55. The fraction of sp³-hybridized carbons (Fsp3) is 0.640. The van der Waals surface area contributed by atoms with Gasteiger partial charge >= 0.3 is 12.1 Å². The quantitative estimate of drug-likeness (QED) is 0.558. The standard InChI is InChI=1S/C25H32F2N2O6/c1-14(35-16-10-25(26,27)11-16)19(28-23(32)34-13-15-8-6-5-7-9-15)21(30)29-12-17-18(24(17,2)3)20(29)22(31)33-4/h5-9,14,16-20H,10-13H2,1-4H3,(H,28,32)/t14-,17+,18+,19+,20+/m1/s1. The number of nitrogens with zero attached hydrogens (tertiary/aromatic N) is 1. The lowest BCUT2D eigenvalue weighted by Crippen LogP contribution is -2.59. The second-order valence-corrected chi connectivity index (χ2v) is 10.3. The van der Waals surface area contributed by atoms with Crippen LogP contribution in [0, 0.1) is 17.3 Å². The van der Waals surface area contributed by atoms with Crippen molar-refractivity contribution in [3.05, 3.63) is 35.9 Å². The van der Waals surface area contributed by atoms with Crippen LogP contribution in [0.15, 0.2) is 30.3 Å². The molecule has 1 heterocycles. The molecule has 192 valence electrons. The van der Waals surface area contributed by atoms with Crippen LogP contribution in [0.5, 0.6) is 0 Å². The molecule has 2 aliphatic carbocycles. The number of piperidine rings is 1. The Kier molecular flexibility index (Phi) is 6.78. The van der Waals surface area contributed by atoms with Crippen molar-refractivity contribution >= 4 is 18.0 Å². The molecule has 8 nitrogen and oxygen atoms in total. The first-order valence-corrected chi connectivity index (χ1v) is 11.8. The summed E-state index contributed by atoms with van der Waals surface area (Å²) in [6.07, 6.45) is -3.37. The molecule has 1 saturated heterocycles. The number of esters is 1. The number of rotatable bonds is 8. The third kappa shape index (κ3) is 5.12. The van der Waals surface area contributed by atoms with Crippen molar-refractivity contribution in [1.29, 1.82) is 0 Å². The maximum atomic E-state index is 13.6. The number of hydrogen-bond acceptors (Lipinski definition) is 6. The second-order valence-electron chi connectivity index (χ2n) is 10.3. The van der Waals surface area contributed by atoms with Gasteiger partial charge in [0.2, 0.25) is 5.91 Å². The van der Waals surface area contributed by atoms with E-state index in [-0.39, 0.29) is 23.9 Å². The Morgan fingerprint density at radius 2 is 1.83 bits per heavy atom. The monoisotopic (exact) mass is 494 g/mol. The number of hydrogen-bond donors (Lipinski definition) is 1. The van der Waals surface area contributed by atoms with Gasteiger partial charge in [0.25, 0.3) is 5.92 Å². The molecule has 0 bridgehead atoms. The van der Waals surface area contributed by atoms with E-state index in [1.165, 1.54) is 12.0 Å².